The first-order valence-electron chi connectivity index (χ1n) is 8.18. The number of hydrogen-bond donors (Lipinski definition) is 1. The second-order valence-corrected chi connectivity index (χ2v) is 5.86. The number of benzene rings is 2. The number of nitrogens with one attached hydrogen (secondary N) is 1. The van der Waals surface area contributed by atoms with Crippen LogP contribution in [0.15, 0.2) is 54.6 Å². The Morgan fingerprint density at radius 2 is 1.84 bits per heavy atom. The maximum Gasteiger partial charge on any atom is 0.410 e. The molecular formula is C19H19FN2O3. The van der Waals surface area contributed by atoms with Crippen molar-refractivity contribution in [2.24, 2.45) is 0 Å². The number of carbonyl (C=O) groups excluding carboxylic acids is 2. The highest BCUT2D eigenvalue weighted by Gasteiger charge is 2.35. The summed E-state index contributed by atoms with van der Waals surface area (Å²) in [6, 6.07) is 14.6. The summed E-state index contributed by atoms with van der Waals surface area (Å²) in [7, 11) is 0. The second kappa shape index (κ2) is 7.79. The number of ether oxygens (including phenoxy) is 1. The molecule has 2 amide bonds. The van der Waals surface area contributed by atoms with Crippen LogP contribution < -0.4 is 5.32 Å². The van der Waals surface area contributed by atoms with Gasteiger partial charge in [0.2, 0.25) is 5.91 Å². The molecule has 1 aliphatic rings. The zero-order chi connectivity index (χ0) is 17.6. The predicted octanol–water partition coefficient (Wildman–Crippen LogP) is 3.57. The van der Waals surface area contributed by atoms with Gasteiger partial charge in [0.15, 0.2) is 0 Å². The number of halogens is 1. The van der Waals surface area contributed by atoms with Gasteiger partial charge in [0.1, 0.15) is 18.5 Å². The zero-order valence-corrected chi connectivity index (χ0v) is 13.7. The molecule has 0 aromatic heterocycles. The Morgan fingerprint density at radius 3 is 2.60 bits per heavy atom. The van der Waals surface area contributed by atoms with E-state index in [2.05, 4.69) is 5.32 Å². The zero-order valence-electron chi connectivity index (χ0n) is 13.7. The van der Waals surface area contributed by atoms with E-state index in [9.17, 15) is 14.0 Å². The van der Waals surface area contributed by atoms with Crippen molar-refractivity contribution >= 4 is 17.7 Å². The lowest BCUT2D eigenvalue weighted by Crippen LogP contribution is -2.43. The third-order valence-electron chi connectivity index (χ3n) is 4.13. The van der Waals surface area contributed by atoms with Crippen LogP contribution in [0.2, 0.25) is 0 Å². The van der Waals surface area contributed by atoms with Crippen molar-refractivity contribution in [2.75, 3.05) is 11.9 Å². The first-order chi connectivity index (χ1) is 12.1. The van der Waals surface area contributed by atoms with Crippen molar-refractivity contribution in [1.29, 1.82) is 0 Å². The molecule has 6 heteroatoms. The number of anilines is 1. The Balaban J connectivity index is 1.60. The van der Waals surface area contributed by atoms with Crippen LogP contribution >= 0.6 is 0 Å². The summed E-state index contributed by atoms with van der Waals surface area (Å²) in [6.07, 6.45) is 0.700. The van der Waals surface area contributed by atoms with Crippen LogP contribution in [0.5, 0.6) is 0 Å². The molecule has 25 heavy (non-hydrogen) atoms. The smallest absolute Gasteiger partial charge is 0.410 e. The third-order valence-corrected chi connectivity index (χ3v) is 4.13. The fourth-order valence-corrected chi connectivity index (χ4v) is 2.84. The monoisotopic (exact) mass is 342 g/mol. The van der Waals surface area contributed by atoms with E-state index >= 15 is 0 Å². The van der Waals surface area contributed by atoms with Gasteiger partial charge in [0.05, 0.1) is 5.69 Å². The van der Waals surface area contributed by atoms with Gasteiger partial charge in [-0.05, 0) is 30.5 Å². The van der Waals surface area contributed by atoms with E-state index in [-0.39, 0.29) is 12.3 Å². The predicted molar refractivity (Wildman–Crippen MR) is 91.4 cm³/mol. The molecule has 0 saturated carbocycles. The number of amides is 2. The Labute approximate surface area is 145 Å². The minimum atomic E-state index is -0.650. The van der Waals surface area contributed by atoms with Crippen molar-refractivity contribution in [1.82, 2.24) is 4.90 Å². The molecule has 2 aromatic carbocycles. The quantitative estimate of drug-likeness (QED) is 0.924. The Bertz CT molecular complexity index is 751. The molecule has 0 aliphatic carbocycles. The van der Waals surface area contributed by atoms with Crippen molar-refractivity contribution in [3.05, 3.63) is 66.0 Å². The van der Waals surface area contributed by atoms with Crippen LogP contribution in [-0.4, -0.2) is 29.5 Å². The first-order valence-corrected chi connectivity index (χ1v) is 8.18. The molecule has 1 saturated heterocycles. The van der Waals surface area contributed by atoms with Gasteiger partial charge in [-0.1, -0.05) is 42.5 Å². The van der Waals surface area contributed by atoms with Crippen molar-refractivity contribution in [2.45, 2.75) is 25.5 Å². The van der Waals surface area contributed by atoms with Gasteiger partial charge in [-0.15, -0.1) is 0 Å². The van der Waals surface area contributed by atoms with Crippen LogP contribution in [0.25, 0.3) is 0 Å². The maximum absolute atomic E-state index is 13.7. The number of likely N-dealkylation sites (tertiary alicyclic amines) is 1. The fraction of sp³-hybridized carbons (Fsp3) is 0.263. The van der Waals surface area contributed by atoms with Crippen molar-refractivity contribution in [3.8, 4) is 0 Å². The number of carbonyl (C=O) groups is 2. The summed E-state index contributed by atoms with van der Waals surface area (Å²) in [4.78, 5) is 26.1. The lowest BCUT2D eigenvalue weighted by Gasteiger charge is -2.23. The molecule has 0 radical (unpaired) electrons. The lowest BCUT2D eigenvalue weighted by atomic mass is 10.2. The highest BCUT2D eigenvalue weighted by Crippen LogP contribution is 2.21. The van der Waals surface area contributed by atoms with Crippen LogP contribution in [0.3, 0.4) is 0 Å². The summed E-state index contributed by atoms with van der Waals surface area (Å²) < 4.78 is 19.0. The van der Waals surface area contributed by atoms with E-state index in [1.54, 1.807) is 12.1 Å². The Morgan fingerprint density at radius 1 is 1.12 bits per heavy atom. The lowest BCUT2D eigenvalue weighted by molar-refractivity contribution is -0.120. The van der Waals surface area contributed by atoms with E-state index in [0.29, 0.717) is 19.4 Å². The van der Waals surface area contributed by atoms with Gasteiger partial charge < -0.3 is 10.1 Å². The van der Waals surface area contributed by atoms with E-state index in [1.807, 2.05) is 30.3 Å². The molecule has 1 unspecified atom stereocenters. The first kappa shape index (κ1) is 17.0. The molecule has 5 nitrogen and oxygen atoms in total. The SMILES string of the molecule is O=C(Nc1ccccc1F)C1CCCN1C(=O)OCc1ccccc1. The topological polar surface area (TPSA) is 58.6 Å². The number of hydrogen-bond acceptors (Lipinski definition) is 3. The second-order valence-electron chi connectivity index (χ2n) is 5.86. The average molecular weight is 342 g/mol. The molecule has 1 aliphatic heterocycles. The van der Waals surface area contributed by atoms with Crippen LogP contribution in [0.1, 0.15) is 18.4 Å². The van der Waals surface area contributed by atoms with E-state index in [0.717, 1.165) is 5.56 Å². The van der Waals surface area contributed by atoms with Crippen LogP contribution in [0, 0.1) is 5.82 Å². The molecule has 130 valence electrons. The van der Waals surface area contributed by atoms with Gasteiger partial charge in [-0.2, -0.15) is 0 Å². The van der Waals surface area contributed by atoms with E-state index in [4.69, 9.17) is 4.74 Å². The minimum Gasteiger partial charge on any atom is -0.445 e. The third kappa shape index (κ3) is 4.15. The van der Waals surface area contributed by atoms with Gasteiger partial charge in [0.25, 0.3) is 0 Å². The standard InChI is InChI=1S/C19H19FN2O3/c20-15-9-4-5-10-16(15)21-18(23)17-11-6-12-22(17)19(24)25-13-14-7-2-1-3-8-14/h1-5,7-10,17H,6,11-13H2,(H,21,23). The van der Waals surface area contributed by atoms with Gasteiger partial charge in [0, 0.05) is 6.54 Å². The molecule has 2 aromatic rings. The van der Waals surface area contributed by atoms with Gasteiger partial charge in [-0.3, -0.25) is 9.69 Å². The molecule has 0 spiro atoms. The molecule has 1 N–H and O–H groups in total. The van der Waals surface area contributed by atoms with Crippen LogP contribution in [0.4, 0.5) is 14.9 Å². The van der Waals surface area contributed by atoms with Gasteiger partial charge >= 0.3 is 6.09 Å². The van der Waals surface area contributed by atoms with Crippen LogP contribution in [-0.2, 0) is 16.1 Å². The maximum atomic E-state index is 13.7. The summed E-state index contributed by atoms with van der Waals surface area (Å²) in [5.41, 5.74) is 0.986. The molecular weight excluding hydrogens is 323 g/mol. The average Bonchev–Trinajstić information content (AvgIpc) is 3.12. The normalized spacial score (nSPS) is 16.5. The summed E-state index contributed by atoms with van der Waals surface area (Å²) >= 11 is 0. The number of rotatable bonds is 4. The largest absolute Gasteiger partial charge is 0.445 e. The molecule has 1 atom stereocenters. The van der Waals surface area contributed by atoms with Gasteiger partial charge in [-0.25, -0.2) is 9.18 Å². The Hall–Kier alpha value is -2.89. The van der Waals surface area contributed by atoms with E-state index < -0.39 is 23.9 Å². The summed E-state index contributed by atoms with van der Waals surface area (Å²) in [5.74, 6) is -0.911. The summed E-state index contributed by atoms with van der Waals surface area (Å²) in [6.45, 7) is 0.598. The highest BCUT2D eigenvalue weighted by atomic mass is 19.1. The van der Waals surface area contributed by atoms with Crippen molar-refractivity contribution < 1.29 is 18.7 Å². The fourth-order valence-electron chi connectivity index (χ4n) is 2.84. The molecule has 1 fully saturated rings. The minimum absolute atomic E-state index is 0.108. The van der Waals surface area contributed by atoms with E-state index in [1.165, 1.54) is 17.0 Å². The number of nitrogens with zero attached hydrogens (tertiary/aromatic N) is 1. The molecule has 1 heterocycles. The Kier molecular flexibility index (Phi) is 5.28. The molecule has 0 bridgehead atoms. The molecule has 3 rings (SSSR count). The summed E-state index contributed by atoms with van der Waals surface area (Å²) in [5, 5.41) is 2.55. The number of para-hydroxylation sites is 1. The van der Waals surface area contributed by atoms with Crippen molar-refractivity contribution in [3.63, 3.8) is 0 Å². The highest BCUT2D eigenvalue weighted by molar-refractivity contribution is 5.96.